The highest BCUT2D eigenvalue weighted by Gasteiger charge is 2.29. The molecule has 4 rings (SSSR count). The number of urea groups is 1. The van der Waals surface area contributed by atoms with Crippen molar-refractivity contribution in [3.8, 4) is 5.75 Å². The number of hydrogen-bond acceptors (Lipinski definition) is 5. The molecular weight excluding hydrogens is 320 g/mol. The van der Waals surface area contributed by atoms with Gasteiger partial charge in [-0.2, -0.15) is 4.98 Å². The standard InChI is InChI=1S/C18H22N4O3/c1-11-9-13-10-14(5-6-15(13)24-11)19-18(23)22(2)8-7-16-20-17(25-21-16)12-3-4-12/h5-6,10-12H,3-4,7-9H2,1-2H3,(H,19,23)/t11-/m1/s1. The Hall–Kier alpha value is -2.57. The molecule has 0 saturated heterocycles. The molecule has 1 aliphatic carbocycles. The minimum Gasteiger partial charge on any atom is -0.490 e. The van der Waals surface area contributed by atoms with E-state index >= 15 is 0 Å². The van der Waals surface area contributed by atoms with E-state index < -0.39 is 0 Å². The first-order chi connectivity index (χ1) is 12.1. The van der Waals surface area contributed by atoms with Crippen LogP contribution in [0.1, 0.15) is 43.0 Å². The molecule has 0 spiro atoms. The molecule has 2 aliphatic rings. The van der Waals surface area contributed by atoms with E-state index in [0.29, 0.717) is 24.7 Å². The maximum atomic E-state index is 12.3. The molecule has 7 heteroatoms. The number of anilines is 1. The van der Waals surface area contributed by atoms with Gasteiger partial charge in [0.05, 0.1) is 0 Å². The summed E-state index contributed by atoms with van der Waals surface area (Å²) < 4.78 is 10.9. The van der Waals surface area contributed by atoms with Gasteiger partial charge in [0.2, 0.25) is 5.89 Å². The van der Waals surface area contributed by atoms with E-state index in [1.807, 2.05) is 25.1 Å². The van der Waals surface area contributed by atoms with Crippen LogP contribution in [0.4, 0.5) is 10.5 Å². The van der Waals surface area contributed by atoms with Crippen LogP contribution in [0, 0.1) is 0 Å². The monoisotopic (exact) mass is 342 g/mol. The fourth-order valence-corrected chi connectivity index (χ4v) is 2.95. The number of carbonyl (C=O) groups is 1. The number of rotatable bonds is 5. The number of ether oxygens (including phenoxy) is 1. The summed E-state index contributed by atoms with van der Waals surface area (Å²) >= 11 is 0. The second-order valence-corrected chi connectivity index (χ2v) is 6.88. The largest absolute Gasteiger partial charge is 0.490 e. The fourth-order valence-electron chi connectivity index (χ4n) is 2.95. The Labute approximate surface area is 146 Å². The van der Waals surface area contributed by atoms with E-state index in [1.54, 1.807) is 11.9 Å². The van der Waals surface area contributed by atoms with Crippen molar-refractivity contribution in [1.29, 1.82) is 0 Å². The average Bonchev–Trinajstić information content (AvgIpc) is 3.21. The predicted octanol–water partition coefficient (Wildman–Crippen LogP) is 2.98. The molecule has 0 radical (unpaired) electrons. The zero-order valence-corrected chi connectivity index (χ0v) is 14.5. The number of aromatic nitrogens is 2. The maximum Gasteiger partial charge on any atom is 0.321 e. The molecule has 1 aromatic carbocycles. The molecule has 25 heavy (non-hydrogen) atoms. The summed E-state index contributed by atoms with van der Waals surface area (Å²) in [4.78, 5) is 18.3. The first-order valence-corrected chi connectivity index (χ1v) is 8.72. The molecule has 0 unspecified atom stereocenters. The van der Waals surface area contributed by atoms with Crippen molar-refractivity contribution in [2.75, 3.05) is 18.9 Å². The lowest BCUT2D eigenvalue weighted by Gasteiger charge is -2.17. The summed E-state index contributed by atoms with van der Waals surface area (Å²) in [6.45, 7) is 2.57. The van der Waals surface area contributed by atoms with Gasteiger partial charge in [-0.05, 0) is 43.5 Å². The predicted molar refractivity (Wildman–Crippen MR) is 91.9 cm³/mol. The Kier molecular flexibility index (Phi) is 4.07. The molecule has 1 saturated carbocycles. The lowest BCUT2D eigenvalue weighted by atomic mass is 10.1. The highest BCUT2D eigenvalue weighted by atomic mass is 16.5. The summed E-state index contributed by atoms with van der Waals surface area (Å²) in [5.41, 5.74) is 1.91. The van der Waals surface area contributed by atoms with Crippen LogP contribution in [-0.2, 0) is 12.8 Å². The third kappa shape index (κ3) is 3.60. The van der Waals surface area contributed by atoms with Gasteiger partial charge in [-0.1, -0.05) is 5.16 Å². The SMILES string of the molecule is C[C@@H]1Cc2cc(NC(=O)N(C)CCc3noc(C4CC4)n3)ccc2O1. The summed E-state index contributed by atoms with van der Waals surface area (Å²) in [6, 6.07) is 5.60. The van der Waals surface area contributed by atoms with Gasteiger partial charge in [0.25, 0.3) is 0 Å². The van der Waals surface area contributed by atoms with Gasteiger partial charge in [-0.3, -0.25) is 0 Å². The Bertz CT molecular complexity index is 784. The van der Waals surface area contributed by atoms with Gasteiger partial charge in [-0.25, -0.2) is 4.79 Å². The lowest BCUT2D eigenvalue weighted by molar-refractivity contribution is 0.222. The minimum absolute atomic E-state index is 0.155. The van der Waals surface area contributed by atoms with E-state index in [2.05, 4.69) is 15.5 Å². The van der Waals surface area contributed by atoms with Crippen molar-refractivity contribution >= 4 is 11.7 Å². The zero-order chi connectivity index (χ0) is 17.4. The smallest absolute Gasteiger partial charge is 0.321 e. The fraction of sp³-hybridized carbons (Fsp3) is 0.500. The van der Waals surface area contributed by atoms with Gasteiger partial charge in [0.15, 0.2) is 5.82 Å². The van der Waals surface area contributed by atoms with Crippen LogP contribution >= 0.6 is 0 Å². The van der Waals surface area contributed by atoms with Crippen molar-refractivity contribution < 1.29 is 14.1 Å². The Morgan fingerprint density at radius 3 is 3.04 bits per heavy atom. The third-order valence-corrected chi connectivity index (χ3v) is 4.58. The quantitative estimate of drug-likeness (QED) is 0.903. The van der Waals surface area contributed by atoms with Gasteiger partial charge >= 0.3 is 6.03 Å². The van der Waals surface area contributed by atoms with Crippen LogP contribution in [-0.4, -0.2) is 40.8 Å². The number of nitrogens with zero attached hydrogens (tertiary/aromatic N) is 3. The van der Waals surface area contributed by atoms with Crippen LogP contribution in [0.3, 0.4) is 0 Å². The molecule has 2 heterocycles. The summed E-state index contributed by atoms with van der Waals surface area (Å²) in [6.07, 6.45) is 3.91. The number of carbonyl (C=O) groups excluding carboxylic acids is 1. The number of nitrogens with one attached hydrogen (secondary N) is 1. The van der Waals surface area contributed by atoms with Crippen molar-refractivity contribution in [2.45, 2.75) is 44.6 Å². The maximum absolute atomic E-state index is 12.3. The van der Waals surface area contributed by atoms with E-state index in [9.17, 15) is 4.79 Å². The molecule has 0 bridgehead atoms. The average molecular weight is 342 g/mol. The molecule has 1 N–H and O–H groups in total. The highest BCUT2D eigenvalue weighted by Crippen LogP contribution is 2.38. The molecule has 7 nitrogen and oxygen atoms in total. The lowest BCUT2D eigenvalue weighted by Crippen LogP contribution is -2.33. The number of benzene rings is 1. The van der Waals surface area contributed by atoms with E-state index in [-0.39, 0.29) is 12.1 Å². The van der Waals surface area contributed by atoms with Crippen molar-refractivity contribution in [3.63, 3.8) is 0 Å². The number of fused-ring (bicyclic) bond motifs is 1. The van der Waals surface area contributed by atoms with Crippen LogP contribution in [0.2, 0.25) is 0 Å². The second kappa shape index (κ2) is 6.38. The zero-order valence-electron chi connectivity index (χ0n) is 14.5. The molecule has 132 valence electrons. The van der Waals surface area contributed by atoms with Crippen molar-refractivity contribution in [3.05, 3.63) is 35.5 Å². The van der Waals surface area contributed by atoms with E-state index in [4.69, 9.17) is 9.26 Å². The minimum atomic E-state index is -0.155. The van der Waals surface area contributed by atoms with Gasteiger partial charge in [-0.15, -0.1) is 0 Å². The van der Waals surface area contributed by atoms with Crippen molar-refractivity contribution in [2.24, 2.45) is 0 Å². The first-order valence-electron chi connectivity index (χ1n) is 8.72. The van der Waals surface area contributed by atoms with E-state index in [1.165, 1.54) is 0 Å². The summed E-state index contributed by atoms with van der Waals surface area (Å²) in [7, 11) is 1.76. The molecule has 2 amide bonds. The first kappa shape index (κ1) is 15.9. The molecule has 1 aliphatic heterocycles. The molecule has 1 atom stereocenters. The number of hydrogen-bond donors (Lipinski definition) is 1. The van der Waals surface area contributed by atoms with Crippen LogP contribution in [0.15, 0.2) is 22.7 Å². The molecular formula is C18H22N4O3. The van der Waals surface area contributed by atoms with Gasteiger partial charge in [0, 0.05) is 38.0 Å². The second-order valence-electron chi connectivity index (χ2n) is 6.88. The van der Waals surface area contributed by atoms with Crippen LogP contribution < -0.4 is 10.1 Å². The topological polar surface area (TPSA) is 80.5 Å². The van der Waals surface area contributed by atoms with Gasteiger partial charge < -0.3 is 19.5 Å². The van der Waals surface area contributed by atoms with E-state index in [0.717, 1.165) is 42.2 Å². The molecule has 1 fully saturated rings. The number of likely N-dealkylation sites (N-methyl/N-ethyl adjacent to an activating group) is 1. The molecule has 2 aromatic rings. The van der Waals surface area contributed by atoms with Crippen LogP contribution in [0.25, 0.3) is 0 Å². The Morgan fingerprint density at radius 1 is 1.40 bits per heavy atom. The van der Waals surface area contributed by atoms with Crippen LogP contribution in [0.5, 0.6) is 5.75 Å². The summed E-state index contributed by atoms with van der Waals surface area (Å²) in [5.74, 6) is 2.75. The van der Waals surface area contributed by atoms with Gasteiger partial charge in [0.1, 0.15) is 11.9 Å². The normalized spacial score (nSPS) is 18.6. The molecule has 1 aromatic heterocycles. The summed E-state index contributed by atoms with van der Waals surface area (Å²) in [5, 5.41) is 6.90. The third-order valence-electron chi connectivity index (χ3n) is 4.58. The Balaban J connectivity index is 1.30. The van der Waals surface area contributed by atoms with Crippen molar-refractivity contribution in [1.82, 2.24) is 15.0 Å². The number of amides is 2. The highest BCUT2D eigenvalue weighted by molar-refractivity contribution is 5.89. The Morgan fingerprint density at radius 2 is 2.24 bits per heavy atom.